The minimum atomic E-state index is -0.740. The van der Waals surface area contributed by atoms with Gasteiger partial charge >= 0.3 is 6.01 Å². The standard InChI is InChI=1S/C22H27FN8O3/c1-6-34-21-24-9-14(23)19(28-21)27-18-13-10-31(22(4,5)17(13)29-30-18)20(33)16-12(3)25-11(2)15(26-16)7-8-32/h9,32H,6-8,10H2,1-5H3,(H2,24,27,28,29,30). The number of carbonyl (C=O) groups is 1. The zero-order chi connectivity index (χ0) is 24.6. The summed E-state index contributed by atoms with van der Waals surface area (Å²) in [4.78, 5) is 32.1. The van der Waals surface area contributed by atoms with Gasteiger partial charge < -0.3 is 20.1 Å². The van der Waals surface area contributed by atoms with E-state index >= 15 is 0 Å². The summed E-state index contributed by atoms with van der Waals surface area (Å²) in [5.74, 6) is -0.681. The Kier molecular flexibility index (Phi) is 6.17. The number of nitrogens with zero attached hydrogens (tertiary/aromatic N) is 6. The molecule has 0 fully saturated rings. The highest BCUT2D eigenvalue weighted by molar-refractivity contribution is 5.94. The number of hydrogen-bond acceptors (Lipinski definition) is 9. The second kappa shape index (κ2) is 8.93. The van der Waals surface area contributed by atoms with Crippen LogP contribution in [0.1, 0.15) is 59.6 Å². The minimum Gasteiger partial charge on any atom is -0.464 e. The van der Waals surface area contributed by atoms with Crippen LogP contribution in [-0.4, -0.2) is 59.3 Å². The van der Waals surface area contributed by atoms with Crippen molar-refractivity contribution in [3.63, 3.8) is 0 Å². The molecule has 180 valence electrons. The molecule has 0 saturated heterocycles. The topological polar surface area (TPSA) is 142 Å². The summed E-state index contributed by atoms with van der Waals surface area (Å²) in [5.41, 5.74) is 2.70. The van der Waals surface area contributed by atoms with Crippen LogP contribution >= 0.6 is 0 Å². The lowest BCUT2D eigenvalue weighted by molar-refractivity contribution is 0.0560. The fourth-order valence-corrected chi connectivity index (χ4v) is 4.03. The summed E-state index contributed by atoms with van der Waals surface area (Å²) in [6, 6.07) is 0.0443. The Morgan fingerprint density at radius 2 is 2.03 bits per heavy atom. The Hall–Kier alpha value is -3.67. The molecule has 0 spiro atoms. The summed E-state index contributed by atoms with van der Waals surface area (Å²) in [7, 11) is 0. The van der Waals surface area contributed by atoms with Crippen LogP contribution in [0, 0.1) is 19.7 Å². The van der Waals surface area contributed by atoms with E-state index in [1.54, 1.807) is 25.7 Å². The molecular weight excluding hydrogens is 443 g/mol. The molecule has 1 aliphatic heterocycles. The normalized spacial score (nSPS) is 14.3. The second-order valence-electron chi connectivity index (χ2n) is 8.45. The number of H-pyrrole nitrogens is 1. The molecule has 1 amide bonds. The molecule has 0 aliphatic carbocycles. The van der Waals surface area contributed by atoms with E-state index in [4.69, 9.17) is 4.74 Å². The molecule has 3 aromatic heterocycles. The highest BCUT2D eigenvalue weighted by Gasteiger charge is 2.44. The van der Waals surface area contributed by atoms with Crippen molar-refractivity contribution in [1.82, 2.24) is 35.0 Å². The lowest BCUT2D eigenvalue weighted by Crippen LogP contribution is -2.41. The van der Waals surface area contributed by atoms with E-state index in [-0.39, 0.29) is 36.6 Å². The number of rotatable bonds is 7. The van der Waals surface area contributed by atoms with Gasteiger partial charge in [-0.2, -0.15) is 10.1 Å². The number of anilines is 2. The first-order chi connectivity index (χ1) is 16.2. The Morgan fingerprint density at radius 3 is 2.74 bits per heavy atom. The summed E-state index contributed by atoms with van der Waals surface area (Å²) in [6.45, 7) is 9.58. The van der Waals surface area contributed by atoms with Gasteiger partial charge in [0, 0.05) is 18.6 Å². The van der Waals surface area contributed by atoms with E-state index in [2.05, 4.69) is 35.5 Å². The first-order valence-corrected chi connectivity index (χ1v) is 10.9. The van der Waals surface area contributed by atoms with E-state index in [0.717, 1.165) is 11.9 Å². The van der Waals surface area contributed by atoms with Gasteiger partial charge in [0.15, 0.2) is 17.5 Å². The van der Waals surface area contributed by atoms with Crippen LogP contribution in [0.15, 0.2) is 6.20 Å². The first kappa shape index (κ1) is 23.5. The van der Waals surface area contributed by atoms with Gasteiger partial charge in [0.25, 0.3) is 5.91 Å². The third-order valence-corrected chi connectivity index (χ3v) is 5.84. The van der Waals surface area contributed by atoms with Crippen molar-refractivity contribution < 1.29 is 19.0 Å². The number of hydrogen-bond donors (Lipinski definition) is 3. The maximum absolute atomic E-state index is 14.3. The summed E-state index contributed by atoms with van der Waals surface area (Å²) < 4.78 is 19.6. The molecule has 4 heterocycles. The number of carbonyl (C=O) groups excluding carboxylic acids is 1. The van der Waals surface area contributed by atoms with Crippen molar-refractivity contribution >= 4 is 17.5 Å². The second-order valence-corrected chi connectivity index (χ2v) is 8.45. The minimum absolute atomic E-state index is 0.0443. The van der Waals surface area contributed by atoms with Crippen LogP contribution < -0.4 is 10.1 Å². The lowest BCUT2D eigenvalue weighted by Gasteiger charge is -2.32. The van der Waals surface area contributed by atoms with E-state index in [9.17, 15) is 14.3 Å². The zero-order valence-corrected chi connectivity index (χ0v) is 19.7. The van der Waals surface area contributed by atoms with Crippen molar-refractivity contribution in [1.29, 1.82) is 0 Å². The van der Waals surface area contributed by atoms with E-state index < -0.39 is 11.4 Å². The number of aliphatic hydroxyl groups is 1. The van der Waals surface area contributed by atoms with Gasteiger partial charge in [0.1, 0.15) is 5.69 Å². The molecule has 0 unspecified atom stereocenters. The molecule has 0 bridgehead atoms. The number of amides is 1. The molecule has 0 atom stereocenters. The third-order valence-electron chi connectivity index (χ3n) is 5.84. The van der Waals surface area contributed by atoms with Gasteiger partial charge in [0.2, 0.25) is 0 Å². The van der Waals surface area contributed by atoms with E-state index in [0.29, 0.717) is 41.5 Å². The maximum atomic E-state index is 14.3. The summed E-state index contributed by atoms with van der Waals surface area (Å²) in [5, 5.41) is 19.5. The smallest absolute Gasteiger partial charge is 0.318 e. The third kappa shape index (κ3) is 4.04. The molecule has 4 rings (SSSR count). The Balaban J connectivity index is 1.65. The number of halogens is 1. The predicted molar refractivity (Wildman–Crippen MR) is 120 cm³/mol. The number of ether oxygens (including phenoxy) is 1. The number of nitrogens with one attached hydrogen (secondary N) is 2. The van der Waals surface area contributed by atoms with Crippen molar-refractivity contribution in [2.75, 3.05) is 18.5 Å². The number of aryl methyl sites for hydroxylation is 2. The SMILES string of the molecule is CCOc1ncc(F)c(Nc2n[nH]c3c2CN(C(=O)c2nc(CCO)c(C)nc2C)C3(C)C)n1. The number of aromatic amines is 1. The molecule has 34 heavy (non-hydrogen) atoms. The molecule has 0 radical (unpaired) electrons. The maximum Gasteiger partial charge on any atom is 0.318 e. The van der Waals surface area contributed by atoms with Gasteiger partial charge in [-0.1, -0.05) is 0 Å². The molecule has 11 nitrogen and oxygen atoms in total. The molecule has 1 aliphatic rings. The van der Waals surface area contributed by atoms with Crippen LogP contribution in [0.2, 0.25) is 0 Å². The quantitative estimate of drug-likeness (QED) is 0.474. The monoisotopic (exact) mass is 470 g/mol. The fourth-order valence-electron chi connectivity index (χ4n) is 4.03. The number of aliphatic hydroxyl groups excluding tert-OH is 1. The fraction of sp³-hybridized carbons (Fsp3) is 0.455. The van der Waals surface area contributed by atoms with Crippen LogP contribution in [0.4, 0.5) is 16.0 Å². The molecule has 12 heteroatoms. The molecule has 3 aromatic rings. The Morgan fingerprint density at radius 1 is 1.26 bits per heavy atom. The molecular formula is C22H27FN8O3. The van der Waals surface area contributed by atoms with E-state index in [1.807, 2.05) is 13.8 Å². The van der Waals surface area contributed by atoms with Gasteiger partial charge in [0.05, 0.1) is 47.7 Å². The zero-order valence-electron chi connectivity index (χ0n) is 19.7. The largest absolute Gasteiger partial charge is 0.464 e. The Bertz CT molecular complexity index is 1240. The van der Waals surface area contributed by atoms with Gasteiger partial charge in [-0.05, 0) is 34.6 Å². The Labute approximate surface area is 195 Å². The molecule has 0 aromatic carbocycles. The molecule has 0 saturated carbocycles. The highest BCUT2D eigenvalue weighted by atomic mass is 19.1. The van der Waals surface area contributed by atoms with E-state index in [1.165, 1.54) is 0 Å². The van der Waals surface area contributed by atoms with Crippen LogP contribution in [-0.2, 0) is 18.5 Å². The number of aromatic nitrogens is 6. The van der Waals surface area contributed by atoms with Crippen molar-refractivity contribution in [2.24, 2.45) is 0 Å². The van der Waals surface area contributed by atoms with Gasteiger partial charge in [-0.3, -0.25) is 14.9 Å². The average Bonchev–Trinajstić information content (AvgIpc) is 3.30. The highest BCUT2D eigenvalue weighted by Crippen LogP contribution is 2.42. The van der Waals surface area contributed by atoms with Crippen LogP contribution in [0.5, 0.6) is 6.01 Å². The summed E-state index contributed by atoms with van der Waals surface area (Å²) >= 11 is 0. The van der Waals surface area contributed by atoms with Gasteiger partial charge in [-0.15, -0.1) is 0 Å². The first-order valence-electron chi connectivity index (χ1n) is 10.9. The number of fused-ring (bicyclic) bond motifs is 1. The van der Waals surface area contributed by atoms with Gasteiger partial charge in [-0.25, -0.2) is 14.4 Å². The predicted octanol–water partition coefficient (Wildman–Crippen LogP) is 2.31. The van der Waals surface area contributed by atoms with Crippen LogP contribution in [0.3, 0.4) is 0 Å². The lowest BCUT2D eigenvalue weighted by atomic mass is 10.0. The van der Waals surface area contributed by atoms with Crippen molar-refractivity contribution in [3.05, 3.63) is 46.0 Å². The average molecular weight is 471 g/mol. The molecule has 3 N–H and O–H groups in total. The van der Waals surface area contributed by atoms with Crippen LogP contribution in [0.25, 0.3) is 0 Å². The van der Waals surface area contributed by atoms with Crippen molar-refractivity contribution in [2.45, 2.75) is 53.1 Å². The van der Waals surface area contributed by atoms with Crippen molar-refractivity contribution in [3.8, 4) is 6.01 Å². The summed E-state index contributed by atoms with van der Waals surface area (Å²) in [6.07, 6.45) is 1.34.